The van der Waals surface area contributed by atoms with Crippen LogP contribution in [0.5, 0.6) is 0 Å². The van der Waals surface area contributed by atoms with E-state index in [0.29, 0.717) is 0 Å². The van der Waals surface area contributed by atoms with Gasteiger partial charge in [0.05, 0.1) is 0 Å². The van der Waals surface area contributed by atoms with Crippen molar-refractivity contribution in [1.29, 1.82) is 0 Å². The van der Waals surface area contributed by atoms with Crippen LogP contribution >= 0.6 is 0 Å². The second-order valence-corrected chi connectivity index (χ2v) is 0.707. The van der Waals surface area contributed by atoms with E-state index in [4.69, 9.17) is 0 Å². The molecule has 0 amide bonds. The van der Waals surface area contributed by atoms with Gasteiger partial charge in [0, 0.05) is 20.1 Å². The molecule has 0 aliphatic rings. The number of hydrogen-bond donors (Lipinski definition) is 0. The van der Waals surface area contributed by atoms with Gasteiger partial charge in [0.25, 0.3) is 0 Å². The van der Waals surface area contributed by atoms with Crippen LogP contribution in [0.3, 0.4) is 0 Å². The Morgan fingerprint density at radius 1 is 0.857 bits per heavy atom. The van der Waals surface area contributed by atoms with Gasteiger partial charge in [0.2, 0.25) is 0 Å². The van der Waals surface area contributed by atoms with Crippen LogP contribution in [-0.2, 0) is 20.1 Å². The fourth-order valence-corrected chi connectivity index (χ4v) is 0. The Balaban J connectivity index is -0.0000000150. The molecule has 0 N–H and O–H groups in total. The van der Waals surface area contributed by atoms with Gasteiger partial charge in [-0.3, -0.25) is 0 Å². The van der Waals surface area contributed by atoms with E-state index in [9.17, 15) is 0 Å². The summed E-state index contributed by atoms with van der Waals surface area (Å²) in [5.74, 6) is 0. The third kappa shape index (κ3) is 52.8. The molecule has 7 heavy (non-hydrogen) atoms. The summed E-state index contributed by atoms with van der Waals surface area (Å²) in [6, 6.07) is 0. The third-order valence-electron chi connectivity index (χ3n) is 0.250. The summed E-state index contributed by atoms with van der Waals surface area (Å²) in [4.78, 5) is 0. The van der Waals surface area contributed by atoms with Gasteiger partial charge >= 0.3 is 0 Å². The second kappa shape index (κ2) is 30.2. The average molecular weight is 278 g/mol. The number of unbranched alkanes of at least 4 members (excludes halogenated alkanes) is 1. The standard InChI is InChI=1S/C4H8.2CH3.Ir/c1-3-4-2;;;/h1-4H2;2*1H3;/q-2;2*-1;. The molecular weight excluding hydrogens is 264 g/mol. The molecule has 0 aliphatic carbocycles. The first-order valence-electron chi connectivity index (χ1n) is 1.50. The molecule has 0 aliphatic heterocycles. The fourth-order valence-electron chi connectivity index (χ4n) is 0. The molecule has 0 fully saturated rings. The van der Waals surface area contributed by atoms with Crippen LogP contribution in [0.2, 0.25) is 0 Å². The molecule has 0 atom stereocenters. The van der Waals surface area contributed by atoms with Crippen LogP contribution < -0.4 is 0 Å². The number of rotatable bonds is 1. The minimum absolute atomic E-state index is 0. The van der Waals surface area contributed by atoms with Crippen molar-refractivity contribution < 1.29 is 20.1 Å². The summed E-state index contributed by atoms with van der Waals surface area (Å²) in [5.41, 5.74) is 0. The first kappa shape index (κ1) is 25.4. The minimum Gasteiger partial charge on any atom is -0.358 e. The van der Waals surface area contributed by atoms with Crippen molar-refractivity contribution in [3.63, 3.8) is 0 Å². The molecule has 0 rings (SSSR count). The van der Waals surface area contributed by atoms with Crippen molar-refractivity contribution in [2.24, 2.45) is 0 Å². The summed E-state index contributed by atoms with van der Waals surface area (Å²) in [7, 11) is 0. The third-order valence-corrected chi connectivity index (χ3v) is 0.250. The van der Waals surface area contributed by atoms with Gasteiger partial charge in [-0.2, -0.15) is 0 Å². The zero-order valence-electron chi connectivity index (χ0n) is 5.16. The topological polar surface area (TPSA) is 0 Å². The molecule has 0 saturated heterocycles. The van der Waals surface area contributed by atoms with E-state index in [2.05, 4.69) is 13.8 Å². The summed E-state index contributed by atoms with van der Waals surface area (Å²) >= 11 is 0. The maximum Gasteiger partial charge on any atom is 0 e. The first-order valence-corrected chi connectivity index (χ1v) is 1.50. The molecular formula is C6H14Ir-4. The van der Waals surface area contributed by atoms with Crippen LogP contribution in [0, 0.1) is 28.7 Å². The summed E-state index contributed by atoms with van der Waals surface area (Å²) < 4.78 is 0. The van der Waals surface area contributed by atoms with Gasteiger partial charge in [-0.05, 0) is 0 Å². The maximum atomic E-state index is 3.54. The predicted molar refractivity (Wildman–Crippen MR) is 32.8 cm³/mol. The zero-order valence-corrected chi connectivity index (χ0v) is 7.56. The molecule has 0 unspecified atom stereocenters. The van der Waals surface area contributed by atoms with Crippen molar-refractivity contribution in [2.75, 3.05) is 0 Å². The predicted octanol–water partition coefficient (Wildman–Crippen LogP) is 2.33. The maximum absolute atomic E-state index is 3.54. The molecule has 1 heteroatoms. The molecule has 51 valence electrons. The summed E-state index contributed by atoms with van der Waals surface area (Å²) in [5, 5.41) is 0. The Hall–Kier alpha value is 0.649. The molecule has 0 spiro atoms. The van der Waals surface area contributed by atoms with E-state index in [1.807, 2.05) is 0 Å². The minimum atomic E-state index is 0. The second-order valence-electron chi connectivity index (χ2n) is 0.707. The normalized spacial score (nSPS) is 4.29. The van der Waals surface area contributed by atoms with Crippen molar-refractivity contribution in [1.82, 2.24) is 0 Å². The molecule has 0 aromatic heterocycles. The van der Waals surface area contributed by atoms with Crippen molar-refractivity contribution in [3.8, 4) is 0 Å². The van der Waals surface area contributed by atoms with E-state index in [0.717, 1.165) is 12.8 Å². The van der Waals surface area contributed by atoms with Gasteiger partial charge in [0.1, 0.15) is 0 Å². The molecule has 0 nitrogen and oxygen atoms in total. The van der Waals surface area contributed by atoms with Crippen molar-refractivity contribution in [2.45, 2.75) is 12.8 Å². The van der Waals surface area contributed by atoms with E-state index in [1.54, 1.807) is 0 Å². The monoisotopic (exact) mass is 279 g/mol. The fraction of sp³-hybridized carbons (Fsp3) is 0.333. The average Bonchev–Trinajstić information content (AvgIpc) is 1.37. The van der Waals surface area contributed by atoms with E-state index in [-0.39, 0.29) is 35.0 Å². The van der Waals surface area contributed by atoms with E-state index >= 15 is 0 Å². The Kier molecular flexibility index (Phi) is 110. The van der Waals surface area contributed by atoms with Gasteiger partial charge in [-0.1, -0.05) is 0 Å². The molecule has 0 aromatic carbocycles. The number of hydrogen-bond acceptors (Lipinski definition) is 0. The first-order chi connectivity index (χ1) is 1.91. The Labute approximate surface area is 62.1 Å². The Morgan fingerprint density at radius 2 is 1.00 bits per heavy atom. The van der Waals surface area contributed by atoms with Gasteiger partial charge < -0.3 is 28.7 Å². The molecule has 1 radical (unpaired) electrons. The molecule has 0 heterocycles. The Bertz CT molecular complexity index is 6.14. The van der Waals surface area contributed by atoms with Crippen LogP contribution in [0.15, 0.2) is 0 Å². The SMILES string of the molecule is [CH2-]CC[CH2-].[CH3-].[CH3-].[Ir]. The van der Waals surface area contributed by atoms with Crippen LogP contribution in [0.25, 0.3) is 0 Å². The molecule has 0 saturated carbocycles. The van der Waals surface area contributed by atoms with Gasteiger partial charge in [-0.15, -0.1) is 0 Å². The van der Waals surface area contributed by atoms with E-state index in [1.165, 1.54) is 0 Å². The van der Waals surface area contributed by atoms with E-state index < -0.39 is 0 Å². The summed E-state index contributed by atoms with van der Waals surface area (Å²) in [6.45, 7) is 7.08. The molecule has 0 aromatic rings. The quantitative estimate of drug-likeness (QED) is 0.646. The summed E-state index contributed by atoms with van der Waals surface area (Å²) in [6.07, 6.45) is 1.92. The Morgan fingerprint density at radius 3 is 1.00 bits per heavy atom. The van der Waals surface area contributed by atoms with Crippen LogP contribution in [-0.4, -0.2) is 0 Å². The molecule has 0 bridgehead atoms. The van der Waals surface area contributed by atoms with Crippen LogP contribution in [0.4, 0.5) is 0 Å². The smallest absolute Gasteiger partial charge is 0 e. The van der Waals surface area contributed by atoms with Crippen molar-refractivity contribution in [3.05, 3.63) is 28.7 Å². The zero-order chi connectivity index (χ0) is 3.41. The largest absolute Gasteiger partial charge is 0.358 e. The van der Waals surface area contributed by atoms with Crippen LogP contribution in [0.1, 0.15) is 12.8 Å². The van der Waals surface area contributed by atoms with Gasteiger partial charge in [-0.25, -0.2) is 12.8 Å². The van der Waals surface area contributed by atoms with Crippen molar-refractivity contribution >= 4 is 0 Å². The van der Waals surface area contributed by atoms with Gasteiger partial charge in [0.15, 0.2) is 0 Å².